The van der Waals surface area contributed by atoms with Gasteiger partial charge in [0, 0.05) is 19.6 Å². The summed E-state index contributed by atoms with van der Waals surface area (Å²) in [4.78, 5) is 42.6. The summed E-state index contributed by atoms with van der Waals surface area (Å²) in [6.45, 7) is 3.33. The number of carbonyl (C=O) groups is 3. The van der Waals surface area contributed by atoms with Crippen LogP contribution in [0.15, 0.2) is 54.6 Å². The molecule has 3 aromatic rings. The van der Waals surface area contributed by atoms with Crippen LogP contribution in [0.3, 0.4) is 0 Å². The van der Waals surface area contributed by atoms with E-state index in [0.717, 1.165) is 18.4 Å². The number of ether oxygens (including phenoxy) is 7. The Hall–Kier alpha value is -5.17. The number of hydrogen-bond donors (Lipinski definition) is 2. The summed E-state index contributed by atoms with van der Waals surface area (Å²) < 4.78 is 39.8. The first-order chi connectivity index (χ1) is 26.2. The summed E-state index contributed by atoms with van der Waals surface area (Å²) in [7, 11) is 9.58. The van der Waals surface area contributed by atoms with Crippen LogP contribution < -0.4 is 39.1 Å². The minimum Gasteiger partial charge on any atom is -0.493 e. The molecule has 0 aliphatic carbocycles. The van der Waals surface area contributed by atoms with Gasteiger partial charge in [-0.25, -0.2) is 4.79 Å². The molecule has 0 aromatic heterocycles. The quantitative estimate of drug-likeness (QED) is 0.116. The van der Waals surface area contributed by atoms with Gasteiger partial charge in [-0.1, -0.05) is 25.1 Å². The van der Waals surface area contributed by atoms with E-state index in [4.69, 9.17) is 33.2 Å². The smallest absolute Gasteiger partial charge is 0.329 e. The zero-order valence-corrected chi connectivity index (χ0v) is 32.5. The van der Waals surface area contributed by atoms with E-state index < -0.39 is 24.0 Å². The topological polar surface area (TPSA) is 143 Å². The summed E-state index contributed by atoms with van der Waals surface area (Å²) in [5.74, 6) is 1.57. The van der Waals surface area contributed by atoms with Gasteiger partial charge in [-0.15, -0.1) is 0 Å². The highest BCUT2D eigenvalue weighted by Gasteiger charge is 2.38. The number of piperidine rings is 1. The molecule has 1 saturated heterocycles. The molecule has 0 saturated carbocycles. The van der Waals surface area contributed by atoms with E-state index in [1.54, 1.807) is 49.5 Å². The average Bonchev–Trinajstić information content (AvgIpc) is 3.21. The number of benzene rings is 3. The molecule has 54 heavy (non-hydrogen) atoms. The monoisotopic (exact) mass is 749 g/mol. The van der Waals surface area contributed by atoms with Gasteiger partial charge in [0.25, 0.3) is 5.91 Å². The number of methoxy groups -OCH3 is 5. The molecule has 0 spiro atoms. The number of amides is 2. The predicted octanol–water partition coefficient (Wildman–Crippen LogP) is 5.24. The van der Waals surface area contributed by atoms with Crippen molar-refractivity contribution in [2.24, 2.45) is 0 Å². The van der Waals surface area contributed by atoms with Crippen LogP contribution >= 0.6 is 0 Å². The van der Waals surface area contributed by atoms with Gasteiger partial charge >= 0.3 is 5.97 Å². The van der Waals surface area contributed by atoms with Crippen LogP contribution in [0.5, 0.6) is 34.5 Å². The molecule has 1 aliphatic rings. The zero-order chi connectivity index (χ0) is 39.0. The van der Waals surface area contributed by atoms with Crippen molar-refractivity contribution in [3.8, 4) is 34.5 Å². The Balaban J connectivity index is 1.59. The van der Waals surface area contributed by atoms with E-state index in [1.165, 1.54) is 21.3 Å². The lowest BCUT2D eigenvalue weighted by Crippen LogP contribution is -2.50. The number of nitrogens with one attached hydrogen (secondary N) is 2. The van der Waals surface area contributed by atoms with Gasteiger partial charge in [-0.3, -0.25) is 9.59 Å². The Morgan fingerprint density at radius 2 is 1.54 bits per heavy atom. The van der Waals surface area contributed by atoms with Crippen molar-refractivity contribution in [3.05, 3.63) is 71.3 Å². The van der Waals surface area contributed by atoms with E-state index in [0.29, 0.717) is 90.9 Å². The lowest BCUT2D eigenvalue weighted by atomic mass is 9.91. The number of esters is 1. The highest BCUT2D eigenvalue weighted by Crippen LogP contribution is 2.41. The molecule has 3 aromatic carbocycles. The fraction of sp³-hybridized carbons (Fsp3) is 0.488. The molecule has 0 radical (unpaired) electrons. The number of hydrogen-bond acceptors (Lipinski definition) is 11. The molecule has 0 bridgehead atoms. The second-order valence-electron chi connectivity index (χ2n) is 12.9. The van der Waals surface area contributed by atoms with Gasteiger partial charge in [0.05, 0.1) is 41.5 Å². The number of carbonyl (C=O) groups excluding carboxylic acids is 3. The number of aryl methyl sites for hydroxylation is 1. The fourth-order valence-electron chi connectivity index (χ4n) is 6.67. The fourth-order valence-corrected chi connectivity index (χ4v) is 6.67. The molecule has 13 nitrogen and oxygen atoms in total. The Morgan fingerprint density at radius 3 is 2.19 bits per heavy atom. The number of likely N-dealkylation sites (N-methyl/N-ethyl adjacent to an activating group) is 1. The van der Waals surface area contributed by atoms with Crippen LogP contribution in [0.4, 0.5) is 0 Å². The third kappa shape index (κ3) is 10.7. The molecule has 3 atom stereocenters. The third-order valence-electron chi connectivity index (χ3n) is 9.55. The Kier molecular flexibility index (Phi) is 16.1. The molecule has 2 amide bonds. The van der Waals surface area contributed by atoms with Crippen molar-refractivity contribution in [1.29, 1.82) is 0 Å². The van der Waals surface area contributed by atoms with Gasteiger partial charge < -0.3 is 48.7 Å². The van der Waals surface area contributed by atoms with Crippen molar-refractivity contribution in [2.75, 3.05) is 68.8 Å². The summed E-state index contributed by atoms with van der Waals surface area (Å²) in [6, 6.07) is 15.7. The van der Waals surface area contributed by atoms with E-state index in [1.807, 2.05) is 38.2 Å². The Bertz CT molecular complexity index is 1670. The second kappa shape index (κ2) is 20.9. The summed E-state index contributed by atoms with van der Waals surface area (Å²) in [5, 5.41) is 5.78. The van der Waals surface area contributed by atoms with Gasteiger partial charge in [-0.2, -0.15) is 0 Å². The summed E-state index contributed by atoms with van der Waals surface area (Å²) >= 11 is 0. The molecule has 2 N–H and O–H groups in total. The minimum absolute atomic E-state index is 0.160. The van der Waals surface area contributed by atoms with Gasteiger partial charge in [0.15, 0.2) is 29.6 Å². The highest BCUT2D eigenvalue weighted by atomic mass is 16.5. The molecule has 294 valence electrons. The molecule has 1 aliphatic heterocycles. The molecule has 13 heteroatoms. The summed E-state index contributed by atoms with van der Waals surface area (Å²) in [6.07, 6.45) is 2.80. The maximum absolute atomic E-state index is 14.4. The largest absolute Gasteiger partial charge is 0.493 e. The highest BCUT2D eigenvalue weighted by molar-refractivity contribution is 5.89. The van der Waals surface area contributed by atoms with Crippen molar-refractivity contribution in [2.45, 2.75) is 63.5 Å². The van der Waals surface area contributed by atoms with E-state index >= 15 is 0 Å². The Labute approximate surface area is 318 Å². The number of rotatable bonds is 20. The lowest BCUT2D eigenvalue weighted by Gasteiger charge is -2.37. The van der Waals surface area contributed by atoms with Crippen molar-refractivity contribution < 1.29 is 47.5 Å². The number of likely N-dealkylation sites (tertiary alicyclic amines) is 1. The number of nitrogens with zero attached hydrogens (tertiary/aromatic N) is 1. The second-order valence-corrected chi connectivity index (χ2v) is 12.9. The maximum Gasteiger partial charge on any atom is 0.329 e. The van der Waals surface area contributed by atoms with Gasteiger partial charge in [0.2, 0.25) is 11.7 Å². The first-order valence-electron chi connectivity index (χ1n) is 18.4. The normalized spacial score (nSPS) is 15.0. The van der Waals surface area contributed by atoms with Crippen LogP contribution in [-0.4, -0.2) is 97.6 Å². The van der Waals surface area contributed by atoms with Crippen LogP contribution in [-0.2, 0) is 25.5 Å². The molecule has 1 heterocycles. The van der Waals surface area contributed by atoms with Crippen molar-refractivity contribution in [3.63, 3.8) is 0 Å². The van der Waals surface area contributed by atoms with Crippen molar-refractivity contribution >= 4 is 17.8 Å². The van der Waals surface area contributed by atoms with Gasteiger partial charge in [-0.05, 0) is 98.7 Å². The Morgan fingerprint density at radius 1 is 0.815 bits per heavy atom. The third-order valence-corrected chi connectivity index (χ3v) is 9.55. The molecule has 3 unspecified atom stereocenters. The SMILES string of the molecule is CCC(C(=O)N1CCCCC1C(=O)OC(CCc1ccc(OC)c(OC)c1)c1cccc(OCC(=O)NCCNC)c1)c1cc(OC)c(OC)c(OC)c1. The van der Waals surface area contributed by atoms with Crippen LogP contribution in [0, 0.1) is 0 Å². The van der Waals surface area contributed by atoms with E-state index in [2.05, 4.69) is 10.6 Å². The molecular weight excluding hydrogens is 694 g/mol. The van der Waals surface area contributed by atoms with E-state index in [9.17, 15) is 14.4 Å². The summed E-state index contributed by atoms with van der Waals surface area (Å²) in [5.41, 5.74) is 2.37. The zero-order valence-electron chi connectivity index (χ0n) is 32.5. The minimum atomic E-state index is -0.772. The first-order valence-corrected chi connectivity index (χ1v) is 18.4. The molecule has 4 rings (SSSR count). The van der Waals surface area contributed by atoms with E-state index in [-0.39, 0.29) is 18.4 Å². The molecular formula is C41H55N3O10. The molecule has 1 fully saturated rings. The first kappa shape index (κ1) is 41.6. The van der Waals surface area contributed by atoms with Crippen LogP contribution in [0.25, 0.3) is 0 Å². The van der Waals surface area contributed by atoms with Crippen molar-refractivity contribution in [1.82, 2.24) is 15.5 Å². The average molecular weight is 750 g/mol. The van der Waals surface area contributed by atoms with Crippen LogP contribution in [0.1, 0.15) is 67.7 Å². The maximum atomic E-state index is 14.4. The lowest BCUT2D eigenvalue weighted by molar-refractivity contribution is -0.162. The van der Waals surface area contributed by atoms with Crippen LogP contribution in [0.2, 0.25) is 0 Å². The predicted molar refractivity (Wildman–Crippen MR) is 204 cm³/mol. The standard InChI is InChI=1S/C41H55N3O10/c1-8-31(29-24-36(50-5)39(52-7)37(25-29)51-6)40(46)44-21-10-9-14-32(44)41(47)54-33(17-15-27-16-18-34(48-3)35(22-27)49-4)28-12-11-13-30(23-28)53-26-38(45)43-20-19-42-2/h11-13,16,18,22-25,31-33,42H,8-10,14-15,17,19-21,26H2,1-7H3,(H,43,45). The van der Waals surface area contributed by atoms with Gasteiger partial charge in [0.1, 0.15) is 17.9 Å².